The van der Waals surface area contributed by atoms with Gasteiger partial charge >= 0.3 is 0 Å². The lowest BCUT2D eigenvalue weighted by Gasteiger charge is -2.09. The molecule has 0 aliphatic carbocycles. The molecule has 0 N–H and O–H groups in total. The van der Waals surface area contributed by atoms with Gasteiger partial charge in [-0.25, -0.2) is 0 Å². The standard InChI is InChI=1S/C23H18ClN5S/c1-13-19(9-4-16-10-11-25-12-16)30-23-20(13)21(17-5-7-18(24)8-6-17)26-14(2)22-28-27-15(3)29(22)23/h5-8,10,12,14H,11H2,1-3H3/t14-/m0/s1. The van der Waals surface area contributed by atoms with Crippen molar-refractivity contribution >= 4 is 34.9 Å². The Hall–Kier alpha value is -3.01. The molecule has 0 fully saturated rings. The van der Waals surface area contributed by atoms with E-state index in [1.807, 2.05) is 50.4 Å². The predicted molar refractivity (Wildman–Crippen MR) is 123 cm³/mol. The summed E-state index contributed by atoms with van der Waals surface area (Å²) in [5, 5.41) is 10.5. The van der Waals surface area contributed by atoms with Crippen molar-refractivity contribution in [1.82, 2.24) is 14.8 Å². The second-order valence-corrected chi connectivity index (χ2v) is 8.68. The minimum Gasteiger partial charge on any atom is -0.288 e. The molecule has 0 radical (unpaired) electrons. The van der Waals surface area contributed by atoms with E-state index in [0.717, 1.165) is 49.5 Å². The summed E-state index contributed by atoms with van der Waals surface area (Å²) >= 11 is 7.79. The molecule has 1 aromatic carbocycles. The van der Waals surface area contributed by atoms with E-state index in [1.165, 1.54) is 0 Å². The van der Waals surface area contributed by atoms with Gasteiger partial charge in [-0.3, -0.25) is 14.6 Å². The number of allylic oxidation sites excluding steroid dienone is 1. The molecular weight excluding hydrogens is 414 g/mol. The third-order valence-electron chi connectivity index (χ3n) is 5.20. The molecule has 4 heterocycles. The lowest BCUT2D eigenvalue weighted by molar-refractivity contribution is 0.724. The van der Waals surface area contributed by atoms with Gasteiger partial charge in [0, 0.05) is 27.9 Å². The van der Waals surface area contributed by atoms with Crippen LogP contribution in [0.2, 0.25) is 5.02 Å². The third-order valence-corrected chi connectivity index (χ3v) is 6.64. The molecule has 5 rings (SSSR count). The molecule has 7 heteroatoms. The van der Waals surface area contributed by atoms with Gasteiger partial charge in [0.15, 0.2) is 5.82 Å². The van der Waals surface area contributed by atoms with Crippen LogP contribution in [0.25, 0.3) is 5.00 Å². The van der Waals surface area contributed by atoms with Crippen molar-refractivity contribution < 1.29 is 0 Å². The van der Waals surface area contributed by atoms with Gasteiger partial charge in [-0.1, -0.05) is 35.6 Å². The smallest absolute Gasteiger partial charge is 0.162 e. The number of benzene rings is 1. The van der Waals surface area contributed by atoms with Crippen LogP contribution < -0.4 is 0 Å². The molecule has 0 saturated carbocycles. The lowest BCUT2D eigenvalue weighted by Crippen LogP contribution is -2.07. The van der Waals surface area contributed by atoms with E-state index in [4.69, 9.17) is 16.6 Å². The highest BCUT2D eigenvalue weighted by molar-refractivity contribution is 7.15. The Kier molecular flexibility index (Phi) is 4.65. The molecule has 2 aliphatic rings. The molecule has 0 spiro atoms. The van der Waals surface area contributed by atoms with E-state index >= 15 is 0 Å². The summed E-state index contributed by atoms with van der Waals surface area (Å²) in [6.07, 6.45) is 3.86. The van der Waals surface area contributed by atoms with Crippen LogP contribution in [0.4, 0.5) is 0 Å². The van der Waals surface area contributed by atoms with E-state index < -0.39 is 0 Å². The molecule has 0 amide bonds. The normalized spacial score (nSPS) is 16.9. The van der Waals surface area contributed by atoms with Gasteiger partial charge in [-0.2, -0.15) is 0 Å². The first-order chi connectivity index (χ1) is 14.5. The maximum absolute atomic E-state index is 6.13. The summed E-state index contributed by atoms with van der Waals surface area (Å²) in [5.41, 5.74) is 5.10. The van der Waals surface area contributed by atoms with E-state index in [2.05, 4.69) is 38.5 Å². The largest absolute Gasteiger partial charge is 0.288 e. The number of hydrogen-bond acceptors (Lipinski definition) is 5. The minimum atomic E-state index is -0.120. The van der Waals surface area contributed by atoms with Crippen LogP contribution in [0, 0.1) is 25.7 Å². The first kappa shape index (κ1) is 19.0. The maximum Gasteiger partial charge on any atom is 0.162 e. The van der Waals surface area contributed by atoms with Gasteiger partial charge in [0.25, 0.3) is 0 Å². The van der Waals surface area contributed by atoms with E-state index in [9.17, 15) is 0 Å². The summed E-state index contributed by atoms with van der Waals surface area (Å²) in [6.45, 7) is 6.84. The molecule has 1 atom stereocenters. The minimum absolute atomic E-state index is 0.120. The Morgan fingerprint density at radius 3 is 2.67 bits per heavy atom. The van der Waals surface area contributed by atoms with Crippen LogP contribution in [-0.2, 0) is 0 Å². The monoisotopic (exact) mass is 431 g/mol. The summed E-state index contributed by atoms with van der Waals surface area (Å²) in [7, 11) is 0. The van der Waals surface area contributed by atoms with Crippen LogP contribution >= 0.6 is 22.9 Å². The fourth-order valence-corrected chi connectivity index (χ4v) is 5.01. The SMILES string of the molecule is Cc1c(C#CC2=CCN=C2)sc2c1C(c1ccc(Cl)cc1)=N[C@@H](C)c1nnc(C)n1-2. The molecule has 148 valence electrons. The molecule has 3 aromatic rings. The van der Waals surface area contributed by atoms with Crippen LogP contribution in [-0.4, -0.2) is 33.2 Å². The number of nitrogens with zero attached hydrogens (tertiary/aromatic N) is 5. The van der Waals surface area contributed by atoms with Crippen LogP contribution in [0.1, 0.15) is 46.2 Å². The van der Waals surface area contributed by atoms with E-state index in [1.54, 1.807) is 11.3 Å². The summed E-state index contributed by atoms with van der Waals surface area (Å²) in [4.78, 5) is 10.3. The number of thiophene rings is 1. The fraction of sp³-hybridized carbons (Fsp3) is 0.217. The van der Waals surface area contributed by atoms with E-state index in [-0.39, 0.29) is 6.04 Å². The van der Waals surface area contributed by atoms with Gasteiger partial charge < -0.3 is 0 Å². The Morgan fingerprint density at radius 2 is 1.93 bits per heavy atom. The van der Waals surface area contributed by atoms with Gasteiger partial charge in [-0.05, 0) is 44.5 Å². The van der Waals surface area contributed by atoms with Crippen molar-refractivity contribution in [3.8, 4) is 16.8 Å². The zero-order chi connectivity index (χ0) is 20.8. The zero-order valence-electron chi connectivity index (χ0n) is 16.8. The van der Waals surface area contributed by atoms with Crippen LogP contribution in [0.15, 0.2) is 45.9 Å². The maximum atomic E-state index is 6.13. The quantitative estimate of drug-likeness (QED) is 0.516. The summed E-state index contributed by atoms with van der Waals surface area (Å²) in [5.74, 6) is 8.27. The highest BCUT2D eigenvalue weighted by Crippen LogP contribution is 2.38. The van der Waals surface area contributed by atoms with E-state index in [0.29, 0.717) is 11.6 Å². The van der Waals surface area contributed by atoms with Crippen molar-refractivity contribution in [3.63, 3.8) is 0 Å². The Bertz CT molecular complexity index is 1310. The number of hydrogen-bond donors (Lipinski definition) is 0. The van der Waals surface area contributed by atoms with Crippen molar-refractivity contribution in [2.24, 2.45) is 9.98 Å². The van der Waals surface area contributed by atoms with Crippen LogP contribution in [0.5, 0.6) is 0 Å². The number of aliphatic imine (C=N–C) groups is 2. The molecule has 2 aromatic heterocycles. The number of halogens is 1. The van der Waals surface area contributed by atoms with Gasteiger partial charge in [0.2, 0.25) is 0 Å². The highest BCUT2D eigenvalue weighted by atomic mass is 35.5. The molecule has 2 aliphatic heterocycles. The number of fused-ring (bicyclic) bond motifs is 3. The molecule has 0 bridgehead atoms. The Labute approximate surface area is 183 Å². The number of aryl methyl sites for hydroxylation is 1. The van der Waals surface area contributed by atoms with Crippen molar-refractivity contribution in [2.45, 2.75) is 26.8 Å². The Balaban J connectivity index is 1.75. The number of rotatable bonds is 1. The van der Waals surface area contributed by atoms with Gasteiger partial charge in [-0.15, -0.1) is 21.5 Å². The molecular formula is C23H18ClN5S. The summed E-state index contributed by atoms with van der Waals surface area (Å²) in [6, 6.07) is 7.70. The Morgan fingerprint density at radius 1 is 1.13 bits per heavy atom. The molecule has 0 unspecified atom stereocenters. The van der Waals surface area contributed by atoms with Crippen molar-refractivity contribution in [1.29, 1.82) is 0 Å². The van der Waals surface area contributed by atoms with Crippen molar-refractivity contribution in [2.75, 3.05) is 6.54 Å². The van der Waals surface area contributed by atoms with Crippen LogP contribution in [0.3, 0.4) is 0 Å². The first-order valence-electron chi connectivity index (χ1n) is 9.64. The fourth-order valence-electron chi connectivity index (χ4n) is 3.66. The predicted octanol–water partition coefficient (Wildman–Crippen LogP) is 4.87. The topological polar surface area (TPSA) is 55.4 Å². The molecule has 5 nitrogen and oxygen atoms in total. The lowest BCUT2D eigenvalue weighted by atomic mass is 9.99. The molecule has 0 saturated heterocycles. The number of aromatic nitrogens is 3. The third kappa shape index (κ3) is 3.11. The highest BCUT2D eigenvalue weighted by Gasteiger charge is 2.29. The summed E-state index contributed by atoms with van der Waals surface area (Å²) < 4.78 is 2.12. The van der Waals surface area contributed by atoms with Crippen molar-refractivity contribution in [3.05, 3.63) is 74.2 Å². The van der Waals surface area contributed by atoms with Gasteiger partial charge in [0.05, 0.1) is 17.1 Å². The second kappa shape index (κ2) is 7.35. The average Bonchev–Trinajstić information content (AvgIpc) is 3.43. The molecule has 30 heavy (non-hydrogen) atoms. The first-order valence-corrected chi connectivity index (χ1v) is 10.8. The zero-order valence-corrected chi connectivity index (χ0v) is 18.3. The average molecular weight is 432 g/mol. The van der Waals surface area contributed by atoms with Gasteiger partial charge in [0.1, 0.15) is 16.9 Å². The second-order valence-electron chi connectivity index (χ2n) is 7.24.